The minimum absolute atomic E-state index is 0.397. The summed E-state index contributed by atoms with van der Waals surface area (Å²) in [5.41, 5.74) is -3.60. The number of alkyl halides is 2. The fourth-order valence-electron chi connectivity index (χ4n) is 2.65. The van der Waals surface area contributed by atoms with Crippen molar-refractivity contribution in [2.24, 2.45) is 5.41 Å². The van der Waals surface area contributed by atoms with Gasteiger partial charge in [-0.1, -0.05) is 12.8 Å². The molecule has 1 saturated carbocycles. The van der Waals surface area contributed by atoms with E-state index in [2.05, 4.69) is 4.74 Å². The third-order valence-corrected chi connectivity index (χ3v) is 3.58. The van der Waals surface area contributed by atoms with E-state index in [1.807, 2.05) is 0 Å². The maximum atomic E-state index is 12.8. The zero-order chi connectivity index (χ0) is 12.0. The molecule has 1 N–H and O–H groups in total. The normalized spacial score (nSPS) is 32.3. The number of hydrogen-bond donors (Lipinski definition) is 1. The average Bonchev–Trinajstić information content (AvgIpc) is 2.75. The molecule has 1 spiro atoms. The quantitative estimate of drug-likeness (QED) is 0.737. The van der Waals surface area contributed by atoms with E-state index < -0.39 is 35.8 Å². The molecule has 6 heteroatoms. The number of aliphatic carboxylic acids is 1. The first kappa shape index (κ1) is 11.3. The maximum absolute atomic E-state index is 12.8. The van der Waals surface area contributed by atoms with Gasteiger partial charge in [-0.2, -0.15) is 0 Å². The second-order valence-electron chi connectivity index (χ2n) is 4.55. The van der Waals surface area contributed by atoms with Crippen LogP contribution in [0, 0.1) is 5.41 Å². The Morgan fingerprint density at radius 1 is 1.38 bits per heavy atom. The summed E-state index contributed by atoms with van der Waals surface area (Å²) in [7, 11) is 0. The third-order valence-electron chi connectivity index (χ3n) is 3.58. The summed E-state index contributed by atoms with van der Waals surface area (Å²) in [4.78, 5) is 22.5. The monoisotopic (exact) mass is 234 g/mol. The highest BCUT2D eigenvalue weighted by Gasteiger charge is 2.65. The summed E-state index contributed by atoms with van der Waals surface area (Å²) >= 11 is 0. The van der Waals surface area contributed by atoms with Crippen molar-refractivity contribution in [2.45, 2.75) is 44.1 Å². The molecular weight excluding hydrogens is 222 g/mol. The number of ether oxygens (including phenoxy) is 1. The van der Waals surface area contributed by atoms with Crippen molar-refractivity contribution >= 4 is 11.9 Å². The minimum atomic E-state index is -3.19. The van der Waals surface area contributed by atoms with Crippen LogP contribution in [0.2, 0.25) is 0 Å². The lowest BCUT2D eigenvalue weighted by Crippen LogP contribution is -2.45. The zero-order valence-electron chi connectivity index (χ0n) is 8.54. The Morgan fingerprint density at radius 2 is 1.94 bits per heavy atom. The molecule has 16 heavy (non-hydrogen) atoms. The Kier molecular flexibility index (Phi) is 2.40. The summed E-state index contributed by atoms with van der Waals surface area (Å²) in [6.07, 6.45) is -1.16. The molecule has 0 aromatic carbocycles. The van der Waals surface area contributed by atoms with Crippen molar-refractivity contribution in [3.05, 3.63) is 0 Å². The lowest BCUT2D eigenvalue weighted by atomic mass is 9.79. The van der Waals surface area contributed by atoms with Gasteiger partial charge in [0.1, 0.15) is 0 Å². The molecule has 0 radical (unpaired) electrons. The Bertz CT molecular complexity index is 336. The maximum Gasteiger partial charge on any atom is 0.354 e. The molecule has 1 atom stereocenters. The van der Waals surface area contributed by atoms with Gasteiger partial charge in [0.15, 0.2) is 0 Å². The van der Waals surface area contributed by atoms with E-state index in [4.69, 9.17) is 5.11 Å². The number of esters is 1. The Hall–Kier alpha value is -1.20. The van der Waals surface area contributed by atoms with E-state index in [1.165, 1.54) is 0 Å². The van der Waals surface area contributed by atoms with Crippen LogP contribution in [0.4, 0.5) is 8.78 Å². The molecule has 0 bridgehead atoms. The van der Waals surface area contributed by atoms with Gasteiger partial charge in [0.05, 0.1) is 5.41 Å². The van der Waals surface area contributed by atoms with Crippen molar-refractivity contribution in [2.75, 3.05) is 0 Å². The van der Waals surface area contributed by atoms with Gasteiger partial charge in [0.25, 0.3) is 12.0 Å². The highest BCUT2D eigenvalue weighted by Crippen LogP contribution is 2.52. The summed E-state index contributed by atoms with van der Waals surface area (Å²) in [5, 5.41) is 8.84. The highest BCUT2D eigenvalue weighted by atomic mass is 19.3. The number of halogens is 2. The van der Waals surface area contributed by atoms with Gasteiger partial charge in [-0.25, -0.2) is 13.6 Å². The van der Waals surface area contributed by atoms with Crippen molar-refractivity contribution in [3.8, 4) is 0 Å². The molecule has 1 aliphatic carbocycles. The number of carboxylic acid groups (broad SMARTS) is 1. The van der Waals surface area contributed by atoms with Gasteiger partial charge in [-0.15, -0.1) is 0 Å². The third kappa shape index (κ3) is 1.32. The molecule has 2 rings (SSSR count). The van der Waals surface area contributed by atoms with E-state index in [1.54, 1.807) is 0 Å². The smallest absolute Gasteiger partial charge is 0.354 e. The van der Waals surface area contributed by atoms with Gasteiger partial charge in [0.2, 0.25) is 0 Å². The number of carbonyl (C=O) groups is 2. The van der Waals surface area contributed by atoms with Crippen molar-refractivity contribution in [1.29, 1.82) is 0 Å². The molecule has 1 saturated heterocycles. The molecule has 0 aromatic heterocycles. The lowest BCUT2D eigenvalue weighted by Gasteiger charge is -2.22. The fourth-order valence-corrected chi connectivity index (χ4v) is 2.65. The van der Waals surface area contributed by atoms with E-state index in [0.29, 0.717) is 12.8 Å². The molecule has 0 aromatic rings. The predicted octanol–water partition coefficient (Wildman–Crippen LogP) is 1.58. The highest BCUT2D eigenvalue weighted by molar-refractivity contribution is 5.89. The van der Waals surface area contributed by atoms with Crippen LogP contribution < -0.4 is 0 Å². The Morgan fingerprint density at radius 3 is 2.31 bits per heavy atom. The largest absolute Gasteiger partial charge is 0.478 e. The van der Waals surface area contributed by atoms with Crippen LogP contribution >= 0.6 is 0 Å². The van der Waals surface area contributed by atoms with Crippen LogP contribution in [-0.2, 0) is 14.3 Å². The van der Waals surface area contributed by atoms with Crippen molar-refractivity contribution in [1.82, 2.24) is 0 Å². The van der Waals surface area contributed by atoms with E-state index in [-0.39, 0.29) is 0 Å². The molecule has 1 aliphatic heterocycles. The topological polar surface area (TPSA) is 63.6 Å². The van der Waals surface area contributed by atoms with Gasteiger partial charge in [0, 0.05) is 6.42 Å². The van der Waals surface area contributed by atoms with Crippen LogP contribution in [0.25, 0.3) is 0 Å². The second-order valence-corrected chi connectivity index (χ2v) is 4.55. The molecule has 4 nitrogen and oxygen atoms in total. The molecular formula is C10H12F2O4. The van der Waals surface area contributed by atoms with Crippen molar-refractivity contribution in [3.63, 3.8) is 0 Å². The second kappa shape index (κ2) is 3.40. The number of cyclic esters (lactones) is 1. The first-order valence-corrected chi connectivity index (χ1v) is 5.18. The van der Waals surface area contributed by atoms with Crippen LogP contribution in [0.1, 0.15) is 32.1 Å². The number of hydrogen-bond acceptors (Lipinski definition) is 3. The zero-order valence-corrected chi connectivity index (χ0v) is 8.54. The molecule has 2 fully saturated rings. The summed E-state index contributed by atoms with van der Waals surface area (Å²) in [6.45, 7) is 0. The summed E-state index contributed by atoms with van der Waals surface area (Å²) in [6, 6.07) is 0. The lowest BCUT2D eigenvalue weighted by molar-refractivity contribution is -0.186. The minimum Gasteiger partial charge on any atom is -0.478 e. The molecule has 2 aliphatic rings. The van der Waals surface area contributed by atoms with Crippen LogP contribution in [0.5, 0.6) is 0 Å². The average molecular weight is 234 g/mol. The molecule has 1 unspecified atom stereocenters. The molecule has 90 valence electrons. The van der Waals surface area contributed by atoms with Crippen LogP contribution in [-0.4, -0.2) is 29.1 Å². The Balaban J connectivity index is 2.33. The summed E-state index contributed by atoms with van der Waals surface area (Å²) in [5.74, 6) is -2.52. The fraction of sp³-hybridized carbons (Fsp3) is 0.800. The van der Waals surface area contributed by atoms with E-state index in [9.17, 15) is 18.4 Å². The van der Waals surface area contributed by atoms with E-state index >= 15 is 0 Å². The number of rotatable bonds is 2. The van der Waals surface area contributed by atoms with Gasteiger partial charge in [-0.3, -0.25) is 4.79 Å². The van der Waals surface area contributed by atoms with E-state index in [0.717, 1.165) is 12.8 Å². The first-order valence-electron chi connectivity index (χ1n) is 5.18. The van der Waals surface area contributed by atoms with Gasteiger partial charge < -0.3 is 9.84 Å². The van der Waals surface area contributed by atoms with Crippen LogP contribution in [0.3, 0.4) is 0 Å². The SMILES string of the molecule is O=C1OC(C(=O)O)(C(F)F)CC12CCCC2. The molecule has 0 amide bonds. The number of carboxylic acids is 1. The van der Waals surface area contributed by atoms with Crippen LogP contribution in [0.15, 0.2) is 0 Å². The standard InChI is InChI=1S/C10H12F2O4/c11-6(12)10(7(13)14)5-9(8(15)16-10)3-1-2-4-9/h6H,1-5H2,(H,13,14). The Labute approximate surface area is 90.6 Å². The van der Waals surface area contributed by atoms with Gasteiger partial charge >= 0.3 is 11.9 Å². The summed E-state index contributed by atoms with van der Waals surface area (Å²) < 4.78 is 30.1. The number of carbonyl (C=O) groups excluding carboxylic acids is 1. The van der Waals surface area contributed by atoms with Gasteiger partial charge in [-0.05, 0) is 12.8 Å². The molecule has 1 heterocycles. The van der Waals surface area contributed by atoms with Crippen molar-refractivity contribution < 1.29 is 28.2 Å². The first-order chi connectivity index (χ1) is 7.43. The predicted molar refractivity (Wildman–Crippen MR) is 48.0 cm³/mol.